The average Bonchev–Trinajstić information content (AvgIpc) is 2.50. The Bertz CT molecular complexity index is 477. The van der Waals surface area contributed by atoms with Crippen molar-refractivity contribution < 1.29 is 14.9 Å². The Morgan fingerprint density at radius 2 is 2.00 bits per heavy atom. The van der Waals surface area contributed by atoms with E-state index in [0.717, 1.165) is 49.2 Å². The summed E-state index contributed by atoms with van der Waals surface area (Å²) in [7, 11) is 3.72. The molecule has 1 aromatic rings. The summed E-state index contributed by atoms with van der Waals surface area (Å²) in [6.45, 7) is 1.89. The molecule has 116 valence electrons. The van der Waals surface area contributed by atoms with Gasteiger partial charge >= 0.3 is 0 Å². The molecule has 0 saturated heterocycles. The maximum atomic E-state index is 8.84. The van der Waals surface area contributed by atoms with Gasteiger partial charge in [-0.25, -0.2) is 0 Å². The third-order valence-corrected chi connectivity index (χ3v) is 3.25. The molecular formula is C17H25NO3. The van der Waals surface area contributed by atoms with Gasteiger partial charge in [0, 0.05) is 18.7 Å². The van der Waals surface area contributed by atoms with Crippen molar-refractivity contribution in [3.8, 4) is 17.6 Å². The van der Waals surface area contributed by atoms with Crippen LogP contribution >= 0.6 is 0 Å². The molecule has 0 saturated carbocycles. The van der Waals surface area contributed by atoms with E-state index in [0.29, 0.717) is 0 Å². The molecule has 0 bridgehead atoms. The topological polar surface area (TPSA) is 52.9 Å². The highest BCUT2D eigenvalue weighted by Gasteiger charge is 2.06. The van der Waals surface area contributed by atoms with Gasteiger partial charge < -0.3 is 19.8 Å². The molecule has 4 nitrogen and oxygen atoms in total. The maximum Gasteiger partial charge on any atom is 0.119 e. The standard InChI is InChI=1S/C17H25NO3/c1-18(10-4-3-5-11-19)14-16-13-17(21-2)9-8-15(16)7-6-12-20/h8-9,13,19-20H,3-5,10-12,14H2,1-2H3. The summed E-state index contributed by atoms with van der Waals surface area (Å²) in [5, 5.41) is 17.6. The van der Waals surface area contributed by atoms with Crippen LogP contribution in [-0.4, -0.2) is 49.0 Å². The first-order valence-corrected chi connectivity index (χ1v) is 7.27. The van der Waals surface area contributed by atoms with Crippen LogP contribution in [0.4, 0.5) is 0 Å². The van der Waals surface area contributed by atoms with Crippen LogP contribution in [0.15, 0.2) is 18.2 Å². The van der Waals surface area contributed by atoms with Gasteiger partial charge in [-0.05, 0) is 56.6 Å². The highest BCUT2D eigenvalue weighted by atomic mass is 16.5. The van der Waals surface area contributed by atoms with Crippen LogP contribution in [0, 0.1) is 11.8 Å². The van der Waals surface area contributed by atoms with Gasteiger partial charge in [-0.1, -0.05) is 11.8 Å². The van der Waals surface area contributed by atoms with Gasteiger partial charge in [0.25, 0.3) is 0 Å². The lowest BCUT2D eigenvalue weighted by Crippen LogP contribution is -2.19. The minimum Gasteiger partial charge on any atom is -0.497 e. The minimum absolute atomic E-state index is 0.136. The minimum atomic E-state index is -0.136. The van der Waals surface area contributed by atoms with Gasteiger partial charge in [-0.3, -0.25) is 0 Å². The van der Waals surface area contributed by atoms with E-state index in [2.05, 4.69) is 23.8 Å². The van der Waals surface area contributed by atoms with Gasteiger partial charge in [0.05, 0.1) is 7.11 Å². The number of aliphatic hydroxyl groups is 2. The molecule has 1 aromatic carbocycles. The first kappa shape index (κ1) is 17.5. The third-order valence-electron chi connectivity index (χ3n) is 3.25. The van der Waals surface area contributed by atoms with Crippen molar-refractivity contribution in [2.75, 3.05) is 33.9 Å². The second-order valence-corrected chi connectivity index (χ2v) is 5.01. The van der Waals surface area contributed by atoms with E-state index in [1.54, 1.807) is 7.11 Å². The second kappa shape index (κ2) is 10.2. The summed E-state index contributed by atoms with van der Waals surface area (Å²) in [5.41, 5.74) is 2.02. The Labute approximate surface area is 127 Å². The van der Waals surface area contributed by atoms with E-state index in [9.17, 15) is 0 Å². The molecule has 0 unspecified atom stereocenters. The predicted molar refractivity (Wildman–Crippen MR) is 84.2 cm³/mol. The van der Waals surface area contributed by atoms with E-state index in [4.69, 9.17) is 14.9 Å². The number of hydrogen-bond acceptors (Lipinski definition) is 4. The van der Waals surface area contributed by atoms with Gasteiger partial charge in [-0.15, -0.1) is 0 Å². The highest BCUT2D eigenvalue weighted by Crippen LogP contribution is 2.18. The van der Waals surface area contributed by atoms with Crippen LogP contribution < -0.4 is 4.74 Å². The lowest BCUT2D eigenvalue weighted by atomic mass is 10.1. The Morgan fingerprint density at radius 1 is 1.19 bits per heavy atom. The fourth-order valence-corrected chi connectivity index (χ4v) is 2.12. The van der Waals surface area contributed by atoms with Crippen molar-refractivity contribution in [1.29, 1.82) is 0 Å². The van der Waals surface area contributed by atoms with Crippen LogP contribution in [0.3, 0.4) is 0 Å². The molecule has 0 aliphatic heterocycles. The Hall–Kier alpha value is -1.54. The number of ether oxygens (including phenoxy) is 1. The van der Waals surface area contributed by atoms with E-state index in [1.807, 2.05) is 18.2 Å². The quantitative estimate of drug-likeness (QED) is 0.565. The second-order valence-electron chi connectivity index (χ2n) is 5.01. The number of hydrogen-bond donors (Lipinski definition) is 2. The lowest BCUT2D eigenvalue weighted by molar-refractivity contribution is 0.271. The van der Waals surface area contributed by atoms with Gasteiger partial charge in [0.2, 0.25) is 0 Å². The lowest BCUT2D eigenvalue weighted by Gasteiger charge is -2.18. The third kappa shape index (κ3) is 6.63. The van der Waals surface area contributed by atoms with E-state index >= 15 is 0 Å². The van der Waals surface area contributed by atoms with Crippen LogP contribution in [0.5, 0.6) is 5.75 Å². The molecule has 0 atom stereocenters. The molecular weight excluding hydrogens is 266 g/mol. The fraction of sp³-hybridized carbons (Fsp3) is 0.529. The summed E-state index contributed by atoms with van der Waals surface area (Å²) in [4.78, 5) is 2.23. The molecule has 0 aromatic heterocycles. The van der Waals surface area contributed by atoms with Crippen molar-refractivity contribution in [3.05, 3.63) is 29.3 Å². The summed E-state index contributed by atoms with van der Waals surface area (Å²) < 4.78 is 5.27. The first-order chi connectivity index (χ1) is 10.2. The SMILES string of the molecule is COc1ccc(C#CCO)c(CN(C)CCCCCO)c1. The van der Waals surface area contributed by atoms with E-state index in [-0.39, 0.29) is 13.2 Å². The van der Waals surface area contributed by atoms with Crippen molar-refractivity contribution >= 4 is 0 Å². The summed E-state index contributed by atoms with van der Waals surface area (Å²) in [6.07, 6.45) is 2.97. The van der Waals surface area contributed by atoms with Crippen molar-refractivity contribution in [2.45, 2.75) is 25.8 Å². The molecule has 0 aliphatic carbocycles. The zero-order valence-corrected chi connectivity index (χ0v) is 12.9. The maximum absolute atomic E-state index is 8.84. The molecule has 0 amide bonds. The largest absolute Gasteiger partial charge is 0.497 e. The number of aliphatic hydroxyl groups excluding tert-OH is 2. The Kier molecular flexibility index (Phi) is 8.53. The zero-order valence-electron chi connectivity index (χ0n) is 12.9. The predicted octanol–water partition coefficient (Wildman–Crippen LogP) is 1.63. The summed E-state index contributed by atoms with van der Waals surface area (Å²) in [6, 6.07) is 5.80. The molecule has 4 heteroatoms. The first-order valence-electron chi connectivity index (χ1n) is 7.27. The molecule has 0 fully saturated rings. The van der Waals surface area contributed by atoms with Gasteiger partial charge in [0.1, 0.15) is 12.4 Å². The van der Waals surface area contributed by atoms with E-state index in [1.165, 1.54) is 0 Å². The van der Waals surface area contributed by atoms with Crippen molar-refractivity contribution in [3.63, 3.8) is 0 Å². The normalized spacial score (nSPS) is 10.3. The Morgan fingerprint density at radius 3 is 2.67 bits per heavy atom. The number of methoxy groups -OCH3 is 1. The average molecular weight is 291 g/mol. The van der Waals surface area contributed by atoms with Crippen LogP contribution in [0.1, 0.15) is 30.4 Å². The number of benzene rings is 1. The fourth-order valence-electron chi connectivity index (χ4n) is 2.12. The van der Waals surface area contributed by atoms with E-state index < -0.39 is 0 Å². The monoisotopic (exact) mass is 291 g/mol. The molecule has 21 heavy (non-hydrogen) atoms. The van der Waals surface area contributed by atoms with Crippen LogP contribution in [-0.2, 0) is 6.54 Å². The number of nitrogens with zero attached hydrogens (tertiary/aromatic N) is 1. The van der Waals surface area contributed by atoms with Crippen molar-refractivity contribution in [1.82, 2.24) is 4.90 Å². The van der Waals surface area contributed by atoms with Gasteiger partial charge in [0.15, 0.2) is 0 Å². The number of rotatable bonds is 8. The molecule has 2 N–H and O–H groups in total. The molecule has 0 aliphatic rings. The van der Waals surface area contributed by atoms with Crippen LogP contribution in [0.2, 0.25) is 0 Å². The summed E-state index contributed by atoms with van der Waals surface area (Å²) >= 11 is 0. The Balaban J connectivity index is 2.69. The van der Waals surface area contributed by atoms with Crippen LogP contribution in [0.25, 0.3) is 0 Å². The molecule has 0 spiro atoms. The summed E-state index contributed by atoms with van der Waals surface area (Å²) in [5.74, 6) is 6.49. The molecule has 0 radical (unpaired) electrons. The smallest absolute Gasteiger partial charge is 0.119 e. The highest BCUT2D eigenvalue weighted by molar-refractivity contribution is 5.45. The number of unbranched alkanes of at least 4 members (excludes halogenated alkanes) is 2. The zero-order chi connectivity index (χ0) is 15.5. The molecule has 1 rings (SSSR count). The van der Waals surface area contributed by atoms with Crippen molar-refractivity contribution in [2.24, 2.45) is 0 Å². The van der Waals surface area contributed by atoms with Gasteiger partial charge in [-0.2, -0.15) is 0 Å². The molecule has 0 heterocycles.